The van der Waals surface area contributed by atoms with E-state index in [1.165, 1.54) is 0 Å². The molecule has 7 heteroatoms. The summed E-state index contributed by atoms with van der Waals surface area (Å²) in [4.78, 5) is 12.3. The number of nitrogens with two attached hydrogens (primary N) is 1. The van der Waals surface area contributed by atoms with Crippen molar-refractivity contribution in [2.75, 3.05) is 5.32 Å². The summed E-state index contributed by atoms with van der Waals surface area (Å²) < 4.78 is 1.85. The molecule has 2 aromatic rings. The molecule has 3 N–H and O–H groups in total. The van der Waals surface area contributed by atoms with Gasteiger partial charge in [0.2, 0.25) is 5.91 Å². The van der Waals surface area contributed by atoms with Crippen LogP contribution >= 0.6 is 0 Å². The van der Waals surface area contributed by atoms with E-state index in [4.69, 9.17) is 5.73 Å². The lowest BCUT2D eigenvalue weighted by Gasteiger charge is -2.23. The zero-order valence-electron chi connectivity index (χ0n) is 13.5. The van der Waals surface area contributed by atoms with Crippen molar-refractivity contribution in [2.24, 2.45) is 5.73 Å². The molecule has 1 aliphatic rings. The Kier molecular flexibility index (Phi) is 4.12. The lowest BCUT2D eigenvalue weighted by atomic mass is 9.96. The highest BCUT2D eigenvalue weighted by molar-refractivity contribution is 5.98. The van der Waals surface area contributed by atoms with Crippen molar-refractivity contribution in [2.45, 2.75) is 51.1 Å². The number of hydrogen-bond donors (Lipinski definition) is 2. The van der Waals surface area contributed by atoms with Crippen LogP contribution in [0.25, 0.3) is 11.4 Å². The van der Waals surface area contributed by atoms with E-state index in [9.17, 15) is 4.79 Å². The molecular formula is C16H22N6O. The zero-order valence-corrected chi connectivity index (χ0v) is 13.5. The molecule has 23 heavy (non-hydrogen) atoms. The molecule has 0 saturated heterocycles. The normalized spacial score (nSPS) is 16.8. The van der Waals surface area contributed by atoms with Crippen molar-refractivity contribution in [3.63, 3.8) is 0 Å². The van der Waals surface area contributed by atoms with E-state index in [0.717, 1.165) is 30.7 Å². The number of anilines is 1. The van der Waals surface area contributed by atoms with Crippen LogP contribution in [0.3, 0.4) is 0 Å². The highest BCUT2D eigenvalue weighted by Gasteiger charge is 2.29. The Morgan fingerprint density at radius 1 is 1.48 bits per heavy atom. The van der Waals surface area contributed by atoms with E-state index >= 15 is 0 Å². The summed E-state index contributed by atoms with van der Waals surface area (Å²) in [5, 5.41) is 14.8. The molecular weight excluding hydrogens is 292 g/mol. The van der Waals surface area contributed by atoms with E-state index in [0.29, 0.717) is 18.2 Å². The fraction of sp³-hybridized carbons (Fsp3) is 0.500. The third kappa shape index (κ3) is 3.39. The van der Waals surface area contributed by atoms with Gasteiger partial charge in [0.15, 0.2) is 5.82 Å². The number of tetrazole rings is 1. The lowest BCUT2D eigenvalue weighted by molar-refractivity contribution is -0.120. The minimum Gasteiger partial charge on any atom is -0.324 e. The lowest BCUT2D eigenvalue weighted by Crippen LogP contribution is -2.48. The second-order valence-corrected chi connectivity index (χ2v) is 6.38. The minimum atomic E-state index is -0.875. The second kappa shape index (κ2) is 6.08. The molecule has 1 saturated carbocycles. The molecule has 7 nitrogen and oxygen atoms in total. The van der Waals surface area contributed by atoms with Crippen LogP contribution in [0.4, 0.5) is 5.69 Å². The maximum absolute atomic E-state index is 12.3. The Hall–Kier alpha value is -2.28. The number of carbonyl (C=O) groups is 1. The number of carbonyl (C=O) groups excluding carboxylic acids is 1. The minimum absolute atomic E-state index is 0.182. The van der Waals surface area contributed by atoms with E-state index in [2.05, 4.69) is 20.8 Å². The molecule has 122 valence electrons. The molecule has 0 bridgehead atoms. The van der Waals surface area contributed by atoms with Crippen molar-refractivity contribution in [1.82, 2.24) is 20.2 Å². The van der Waals surface area contributed by atoms with Crippen LogP contribution in [0.5, 0.6) is 0 Å². The van der Waals surface area contributed by atoms with Crippen LogP contribution in [-0.4, -0.2) is 31.7 Å². The molecule has 1 heterocycles. The number of amides is 1. The predicted octanol–water partition coefficient (Wildman–Crippen LogP) is 2.13. The number of rotatable bonds is 6. The SMILES string of the molecule is CCCC(C)(N)C(=O)Nc1cccc(-c2nnnn2C2CC2)c1. The molecule has 1 aromatic heterocycles. The first-order valence-corrected chi connectivity index (χ1v) is 8.00. The number of aromatic nitrogens is 4. The average Bonchev–Trinajstić information content (AvgIpc) is 3.24. The maximum atomic E-state index is 12.3. The number of nitrogens with zero attached hydrogens (tertiary/aromatic N) is 4. The van der Waals surface area contributed by atoms with Gasteiger partial charge in [-0.15, -0.1) is 5.10 Å². The van der Waals surface area contributed by atoms with Gasteiger partial charge in [0, 0.05) is 11.3 Å². The first-order chi connectivity index (χ1) is 11.0. The average molecular weight is 314 g/mol. The fourth-order valence-electron chi connectivity index (χ4n) is 2.59. The first-order valence-electron chi connectivity index (χ1n) is 8.00. The Labute approximate surface area is 135 Å². The molecule has 1 atom stereocenters. The highest BCUT2D eigenvalue weighted by atomic mass is 16.2. The monoisotopic (exact) mass is 314 g/mol. The van der Waals surface area contributed by atoms with E-state index in [1.54, 1.807) is 6.92 Å². The topological polar surface area (TPSA) is 98.7 Å². The van der Waals surface area contributed by atoms with E-state index in [1.807, 2.05) is 35.9 Å². The summed E-state index contributed by atoms with van der Waals surface area (Å²) in [6, 6.07) is 7.94. The largest absolute Gasteiger partial charge is 0.324 e. The Morgan fingerprint density at radius 2 is 2.26 bits per heavy atom. The molecule has 1 fully saturated rings. The molecule has 0 spiro atoms. The van der Waals surface area contributed by atoms with Crippen molar-refractivity contribution < 1.29 is 4.79 Å². The number of nitrogens with one attached hydrogen (secondary N) is 1. The van der Waals surface area contributed by atoms with Gasteiger partial charge in [0.05, 0.1) is 11.6 Å². The zero-order chi connectivity index (χ0) is 16.4. The van der Waals surface area contributed by atoms with Crippen molar-refractivity contribution in [3.8, 4) is 11.4 Å². The summed E-state index contributed by atoms with van der Waals surface area (Å²) in [5.41, 5.74) is 6.78. The van der Waals surface area contributed by atoms with E-state index in [-0.39, 0.29) is 5.91 Å². The summed E-state index contributed by atoms with van der Waals surface area (Å²) in [6.07, 6.45) is 3.71. The molecule has 0 radical (unpaired) electrons. The van der Waals surface area contributed by atoms with Gasteiger partial charge < -0.3 is 11.1 Å². The summed E-state index contributed by atoms with van der Waals surface area (Å²) >= 11 is 0. The van der Waals surface area contributed by atoms with Crippen molar-refractivity contribution in [1.29, 1.82) is 0 Å². The van der Waals surface area contributed by atoms with E-state index < -0.39 is 5.54 Å². The van der Waals surface area contributed by atoms with Gasteiger partial charge in [-0.3, -0.25) is 4.79 Å². The Balaban J connectivity index is 1.80. The van der Waals surface area contributed by atoms with Gasteiger partial charge in [-0.25, -0.2) is 4.68 Å². The number of benzene rings is 1. The van der Waals surface area contributed by atoms with Gasteiger partial charge in [-0.1, -0.05) is 25.5 Å². The molecule has 1 aromatic carbocycles. The smallest absolute Gasteiger partial charge is 0.244 e. The summed E-state index contributed by atoms with van der Waals surface area (Å²) in [7, 11) is 0. The second-order valence-electron chi connectivity index (χ2n) is 6.38. The standard InChI is InChI=1S/C16H22N6O/c1-3-9-16(2,17)15(23)18-12-6-4-5-11(10-12)14-19-20-21-22(14)13-7-8-13/h4-6,10,13H,3,7-9,17H2,1-2H3,(H,18,23). The third-order valence-electron chi connectivity index (χ3n) is 4.05. The van der Waals surface area contributed by atoms with Crippen LogP contribution in [0, 0.1) is 0 Å². The predicted molar refractivity (Wildman–Crippen MR) is 87.7 cm³/mol. The Morgan fingerprint density at radius 3 is 2.96 bits per heavy atom. The van der Waals surface area contributed by atoms with Crippen LogP contribution in [0.15, 0.2) is 24.3 Å². The molecule has 0 aliphatic heterocycles. The molecule has 1 aliphatic carbocycles. The fourth-order valence-corrected chi connectivity index (χ4v) is 2.59. The third-order valence-corrected chi connectivity index (χ3v) is 4.05. The summed E-state index contributed by atoms with van der Waals surface area (Å²) in [6.45, 7) is 3.76. The molecule has 1 amide bonds. The van der Waals surface area contributed by atoms with Crippen LogP contribution < -0.4 is 11.1 Å². The van der Waals surface area contributed by atoms with Crippen molar-refractivity contribution >= 4 is 11.6 Å². The van der Waals surface area contributed by atoms with Crippen LogP contribution in [-0.2, 0) is 4.79 Å². The first kappa shape index (κ1) is 15.6. The quantitative estimate of drug-likeness (QED) is 0.851. The number of hydrogen-bond acceptors (Lipinski definition) is 5. The maximum Gasteiger partial charge on any atom is 0.244 e. The van der Waals surface area contributed by atoms with Gasteiger partial charge in [-0.2, -0.15) is 0 Å². The van der Waals surface area contributed by atoms with Gasteiger partial charge in [0.1, 0.15) is 0 Å². The summed E-state index contributed by atoms with van der Waals surface area (Å²) in [5.74, 6) is 0.547. The van der Waals surface area contributed by atoms with Crippen molar-refractivity contribution in [3.05, 3.63) is 24.3 Å². The highest BCUT2D eigenvalue weighted by Crippen LogP contribution is 2.36. The van der Waals surface area contributed by atoms with Gasteiger partial charge in [0.25, 0.3) is 0 Å². The van der Waals surface area contributed by atoms with Crippen LogP contribution in [0.2, 0.25) is 0 Å². The van der Waals surface area contributed by atoms with Gasteiger partial charge in [-0.05, 0) is 48.7 Å². The Bertz CT molecular complexity index is 704. The van der Waals surface area contributed by atoms with Gasteiger partial charge >= 0.3 is 0 Å². The molecule has 3 rings (SSSR count). The molecule has 1 unspecified atom stereocenters. The van der Waals surface area contributed by atoms with Crippen LogP contribution in [0.1, 0.15) is 45.6 Å².